The monoisotopic (exact) mass is 248 g/mol. The van der Waals surface area contributed by atoms with Crippen LogP contribution in [0.15, 0.2) is 30.3 Å². The van der Waals surface area contributed by atoms with Gasteiger partial charge in [-0.25, -0.2) is 9.78 Å². The van der Waals surface area contributed by atoms with E-state index in [9.17, 15) is 0 Å². The van der Waals surface area contributed by atoms with Gasteiger partial charge in [0.15, 0.2) is 0 Å². The molecule has 3 saturated heterocycles. The van der Waals surface area contributed by atoms with Crippen molar-refractivity contribution < 1.29 is 14.5 Å². The first-order valence-electron chi connectivity index (χ1n) is 6.68. The van der Waals surface area contributed by atoms with Gasteiger partial charge < -0.3 is 4.74 Å². The third-order valence-electron chi connectivity index (χ3n) is 3.97. The fourth-order valence-electron chi connectivity index (χ4n) is 2.86. The molecule has 0 unspecified atom stereocenters. The fourth-order valence-corrected chi connectivity index (χ4v) is 2.86. The van der Waals surface area contributed by atoms with Crippen LogP contribution in [0, 0.1) is 0 Å². The van der Waals surface area contributed by atoms with Crippen LogP contribution in [0.3, 0.4) is 0 Å². The van der Waals surface area contributed by atoms with Crippen LogP contribution in [0.4, 0.5) is 0 Å². The average molecular weight is 248 g/mol. The van der Waals surface area contributed by atoms with E-state index < -0.39 is 5.79 Å². The van der Waals surface area contributed by atoms with Gasteiger partial charge in [0.05, 0.1) is 5.60 Å². The quantitative estimate of drug-likeness (QED) is 0.769. The van der Waals surface area contributed by atoms with Gasteiger partial charge in [-0.15, -0.1) is 0 Å². The van der Waals surface area contributed by atoms with Crippen LogP contribution < -0.4 is 0 Å². The molecule has 3 heterocycles. The van der Waals surface area contributed by atoms with E-state index in [1.165, 1.54) is 5.56 Å². The number of benzene rings is 1. The smallest absolute Gasteiger partial charge is 0.202 e. The summed E-state index contributed by atoms with van der Waals surface area (Å²) in [6.07, 6.45) is 3.80. The van der Waals surface area contributed by atoms with E-state index in [1.54, 1.807) is 0 Å². The summed E-state index contributed by atoms with van der Waals surface area (Å²) in [4.78, 5) is 11.0. The molecule has 2 bridgehead atoms. The Labute approximate surface area is 108 Å². The fraction of sp³-hybridized carbons (Fsp3) is 0.600. The Morgan fingerprint density at radius 2 is 2.00 bits per heavy atom. The second-order valence-corrected chi connectivity index (χ2v) is 5.81. The summed E-state index contributed by atoms with van der Waals surface area (Å²) in [5, 5.41) is 0. The van der Waals surface area contributed by atoms with Gasteiger partial charge in [-0.3, -0.25) is 0 Å². The van der Waals surface area contributed by atoms with Gasteiger partial charge in [0.1, 0.15) is 6.10 Å². The number of hydrogen-bond donors (Lipinski definition) is 0. The largest absolute Gasteiger partial charge is 0.338 e. The highest BCUT2D eigenvalue weighted by molar-refractivity contribution is 5.15. The minimum Gasteiger partial charge on any atom is -0.338 e. The van der Waals surface area contributed by atoms with Crippen molar-refractivity contribution in [3.05, 3.63) is 35.9 Å². The van der Waals surface area contributed by atoms with E-state index in [-0.39, 0.29) is 11.7 Å². The molecule has 0 radical (unpaired) electrons. The minimum absolute atomic E-state index is 0.0658. The first-order valence-corrected chi connectivity index (χ1v) is 6.68. The maximum absolute atomic E-state index is 6.13. The highest BCUT2D eigenvalue weighted by Gasteiger charge is 2.53. The van der Waals surface area contributed by atoms with Crippen LogP contribution in [0.5, 0.6) is 0 Å². The highest BCUT2D eigenvalue weighted by Crippen LogP contribution is 2.45. The number of rotatable bonds is 3. The summed E-state index contributed by atoms with van der Waals surface area (Å²) < 4.78 is 6.13. The molecule has 0 saturated carbocycles. The van der Waals surface area contributed by atoms with Crippen LogP contribution in [-0.4, -0.2) is 17.5 Å². The Morgan fingerprint density at radius 1 is 1.22 bits per heavy atom. The predicted octanol–water partition coefficient (Wildman–Crippen LogP) is 3.23. The van der Waals surface area contributed by atoms with Gasteiger partial charge in [-0.05, 0) is 32.3 Å². The van der Waals surface area contributed by atoms with Gasteiger partial charge in [0, 0.05) is 12.8 Å². The molecule has 0 amide bonds. The third-order valence-corrected chi connectivity index (χ3v) is 3.97. The Hall–Kier alpha value is -0.900. The molecule has 3 aliphatic rings. The highest BCUT2D eigenvalue weighted by atomic mass is 17.2. The van der Waals surface area contributed by atoms with Crippen molar-refractivity contribution in [1.29, 1.82) is 0 Å². The van der Waals surface area contributed by atoms with Gasteiger partial charge in [-0.2, -0.15) is 0 Å². The molecule has 0 aliphatic carbocycles. The summed E-state index contributed by atoms with van der Waals surface area (Å²) in [6, 6.07) is 10.4. The molecule has 0 spiro atoms. The van der Waals surface area contributed by atoms with Crippen molar-refractivity contribution >= 4 is 0 Å². The number of ether oxygens (including phenoxy) is 1. The van der Waals surface area contributed by atoms with E-state index in [0.717, 1.165) is 25.7 Å². The van der Waals surface area contributed by atoms with Crippen molar-refractivity contribution in [3.8, 4) is 0 Å². The summed E-state index contributed by atoms with van der Waals surface area (Å²) >= 11 is 0. The summed E-state index contributed by atoms with van der Waals surface area (Å²) in [5.74, 6) is -0.548. The minimum atomic E-state index is -0.548. The predicted molar refractivity (Wildman–Crippen MR) is 67.9 cm³/mol. The van der Waals surface area contributed by atoms with Gasteiger partial charge in [0.25, 0.3) is 0 Å². The van der Waals surface area contributed by atoms with Crippen LogP contribution in [0.2, 0.25) is 0 Å². The molecule has 2 atom stereocenters. The summed E-state index contributed by atoms with van der Waals surface area (Å²) in [5.41, 5.74) is 1.07. The van der Waals surface area contributed by atoms with E-state index in [0.29, 0.717) is 0 Å². The average Bonchev–Trinajstić information content (AvgIpc) is 2.38. The molecule has 98 valence electrons. The Balaban J connectivity index is 1.68. The van der Waals surface area contributed by atoms with Crippen LogP contribution in [0.25, 0.3) is 0 Å². The van der Waals surface area contributed by atoms with Crippen molar-refractivity contribution in [2.45, 2.75) is 57.0 Å². The van der Waals surface area contributed by atoms with E-state index in [1.807, 2.05) is 6.07 Å². The molecular formula is C15H20O3. The van der Waals surface area contributed by atoms with Crippen molar-refractivity contribution in [1.82, 2.24) is 0 Å². The third kappa shape index (κ3) is 2.18. The lowest BCUT2D eigenvalue weighted by Crippen LogP contribution is -2.61. The first kappa shape index (κ1) is 12.2. The molecule has 1 aromatic rings. The van der Waals surface area contributed by atoms with Crippen molar-refractivity contribution in [2.75, 3.05) is 0 Å². The molecule has 18 heavy (non-hydrogen) atoms. The number of aryl methyl sites for hydroxylation is 1. The Morgan fingerprint density at radius 3 is 2.61 bits per heavy atom. The zero-order valence-electron chi connectivity index (χ0n) is 11.0. The molecule has 3 heteroatoms. The standard InChI is InChI=1S/C15H20O3/c1-14(2)13-9-11-15(17-14,18-16-13)10-8-12-6-4-3-5-7-12/h3-7,13H,8-11H2,1-2H3/t13-,15-/m0/s1. The molecule has 0 N–H and O–H groups in total. The van der Waals surface area contributed by atoms with E-state index in [4.69, 9.17) is 14.5 Å². The molecule has 0 aromatic heterocycles. The maximum atomic E-state index is 6.13. The molecule has 3 aliphatic heterocycles. The van der Waals surface area contributed by atoms with Gasteiger partial charge >= 0.3 is 0 Å². The van der Waals surface area contributed by atoms with Gasteiger partial charge in [-0.1, -0.05) is 30.3 Å². The van der Waals surface area contributed by atoms with Crippen molar-refractivity contribution in [2.24, 2.45) is 0 Å². The van der Waals surface area contributed by atoms with E-state index >= 15 is 0 Å². The molecule has 1 aromatic carbocycles. The lowest BCUT2D eigenvalue weighted by Gasteiger charge is -2.52. The molecule has 4 rings (SSSR count). The van der Waals surface area contributed by atoms with E-state index in [2.05, 4.69) is 38.1 Å². The van der Waals surface area contributed by atoms with Gasteiger partial charge in [0.2, 0.25) is 5.79 Å². The van der Waals surface area contributed by atoms with Crippen molar-refractivity contribution in [3.63, 3.8) is 0 Å². The van der Waals surface area contributed by atoms with Crippen LogP contribution >= 0.6 is 0 Å². The SMILES string of the molecule is CC1(C)O[C@]2(CCc3ccccc3)CC[C@@H]1OO2. The zero-order chi connectivity index (χ0) is 12.6. The summed E-state index contributed by atoms with van der Waals surface area (Å²) in [6.45, 7) is 4.16. The Bertz CT molecular complexity index is 405. The Kier molecular flexibility index (Phi) is 2.93. The lowest BCUT2D eigenvalue weighted by atomic mass is 9.87. The lowest BCUT2D eigenvalue weighted by molar-refractivity contribution is -0.543. The number of hydrogen-bond acceptors (Lipinski definition) is 3. The zero-order valence-corrected chi connectivity index (χ0v) is 11.0. The number of fused-ring (bicyclic) bond motifs is 3. The summed E-state index contributed by atoms with van der Waals surface area (Å²) in [7, 11) is 0. The molecular weight excluding hydrogens is 228 g/mol. The normalized spacial score (nSPS) is 33.6. The topological polar surface area (TPSA) is 27.7 Å². The first-order chi connectivity index (χ1) is 8.60. The van der Waals surface area contributed by atoms with Crippen LogP contribution in [-0.2, 0) is 20.9 Å². The molecule has 3 nitrogen and oxygen atoms in total. The second-order valence-electron chi connectivity index (χ2n) is 5.81. The second kappa shape index (κ2) is 4.34. The maximum Gasteiger partial charge on any atom is 0.202 e. The molecule has 3 fully saturated rings. The van der Waals surface area contributed by atoms with Crippen LogP contribution in [0.1, 0.15) is 38.7 Å².